The van der Waals surface area contributed by atoms with E-state index in [-0.39, 0.29) is 12.3 Å². The maximum absolute atomic E-state index is 12.7. The first kappa shape index (κ1) is 17.8. The van der Waals surface area contributed by atoms with Crippen molar-refractivity contribution in [3.63, 3.8) is 0 Å². The van der Waals surface area contributed by atoms with Crippen molar-refractivity contribution < 1.29 is 19.0 Å². The molecule has 1 aliphatic heterocycles. The molecular formula is C19H19N5O4. The Morgan fingerprint density at radius 1 is 1.18 bits per heavy atom. The standard InChI is InChI=1S/C19H19N5O4/c1-26-14-4-5-16(24-12-20-22-23-24)15(11-14)21-19(25)10-13-3-6-17-18(9-13)28-8-2-7-27-17/h3-6,9,11-12H,2,7-8,10H2,1H3,(H,21,25). The Kier molecular flexibility index (Phi) is 5.05. The van der Waals surface area contributed by atoms with Gasteiger partial charge in [0.25, 0.3) is 0 Å². The minimum atomic E-state index is -0.183. The Hall–Kier alpha value is -3.62. The molecule has 9 nitrogen and oxygen atoms in total. The van der Waals surface area contributed by atoms with Gasteiger partial charge in [0.05, 0.1) is 38.1 Å². The third-order valence-electron chi connectivity index (χ3n) is 4.25. The molecule has 3 aromatic rings. The number of methoxy groups -OCH3 is 1. The van der Waals surface area contributed by atoms with E-state index in [0.29, 0.717) is 41.8 Å². The number of carbonyl (C=O) groups is 1. The van der Waals surface area contributed by atoms with Crippen molar-refractivity contribution in [1.29, 1.82) is 0 Å². The van der Waals surface area contributed by atoms with Crippen LogP contribution in [0.4, 0.5) is 5.69 Å². The van der Waals surface area contributed by atoms with Crippen molar-refractivity contribution in [2.75, 3.05) is 25.6 Å². The predicted octanol–water partition coefficient (Wildman–Crippen LogP) is 2.01. The van der Waals surface area contributed by atoms with Crippen LogP contribution in [0, 0.1) is 0 Å². The molecule has 0 aliphatic carbocycles. The lowest BCUT2D eigenvalue weighted by Gasteiger charge is -2.13. The first-order valence-electron chi connectivity index (χ1n) is 8.83. The average Bonchev–Trinajstić information content (AvgIpc) is 3.13. The predicted molar refractivity (Wildman–Crippen MR) is 100 cm³/mol. The molecule has 144 valence electrons. The second-order valence-electron chi connectivity index (χ2n) is 6.19. The van der Waals surface area contributed by atoms with Gasteiger partial charge in [-0.2, -0.15) is 4.68 Å². The number of rotatable bonds is 5. The number of fused-ring (bicyclic) bond motifs is 1. The summed E-state index contributed by atoms with van der Waals surface area (Å²) < 4.78 is 18.0. The first-order valence-corrected chi connectivity index (χ1v) is 8.83. The molecule has 1 N–H and O–H groups in total. The Morgan fingerprint density at radius 2 is 2.04 bits per heavy atom. The van der Waals surface area contributed by atoms with Crippen molar-refractivity contribution in [3.8, 4) is 22.9 Å². The van der Waals surface area contributed by atoms with Crippen LogP contribution < -0.4 is 19.5 Å². The summed E-state index contributed by atoms with van der Waals surface area (Å²) in [5, 5.41) is 14.1. The molecule has 4 rings (SSSR count). The first-order chi connectivity index (χ1) is 13.7. The number of ether oxygens (including phenoxy) is 3. The van der Waals surface area contributed by atoms with E-state index in [1.54, 1.807) is 25.3 Å². The Bertz CT molecular complexity index is 974. The van der Waals surface area contributed by atoms with Crippen LogP contribution in [0.25, 0.3) is 5.69 Å². The molecular weight excluding hydrogens is 362 g/mol. The second kappa shape index (κ2) is 7.95. The fraction of sp³-hybridized carbons (Fsp3) is 0.263. The van der Waals surface area contributed by atoms with E-state index in [1.807, 2.05) is 18.2 Å². The number of anilines is 1. The molecule has 0 saturated heterocycles. The van der Waals surface area contributed by atoms with E-state index in [0.717, 1.165) is 12.0 Å². The van der Waals surface area contributed by atoms with Crippen LogP contribution in [0.3, 0.4) is 0 Å². The number of hydrogen-bond donors (Lipinski definition) is 1. The number of benzene rings is 2. The molecule has 0 radical (unpaired) electrons. The van der Waals surface area contributed by atoms with Gasteiger partial charge in [-0.25, -0.2) is 0 Å². The topological polar surface area (TPSA) is 100 Å². The zero-order valence-corrected chi connectivity index (χ0v) is 15.3. The van der Waals surface area contributed by atoms with Crippen LogP contribution in [-0.2, 0) is 11.2 Å². The van der Waals surface area contributed by atoms with Crippen LogP contribution in [0.2, 0.25) is 0 Å². The van der Waals surface area contributed by atoms with Gasteiger partial charge < -0.3 is 19.5 Å². The van der Waals surface area contributed by atoms with Gasteiger partial charge in [0, 0.05) is 12.5 Å². The third-order valence-corrected chi connectivity index (χ3v) is 4.25. The number of aromatic nitrogens is 4. The molecule has 1 amide bonds. The van der Waals surface area contributed by atoms with Crippen LogP contribution in [-0.4, -0.2) is 46.4 Å². The lowest BCUT2D eigenvalue weighted by Crippen LogP contribution is -2.16. The van der Waals surface area contributed by atoms with Gasteiger partial charge in [-0.15, -0.1) is 5.10 Å². The number of tetrazole rings is 1. The average molecular weight is 381 g/mol. The summed E-state index contributed by atoms with van der Waals surface area (Å²) in [4.78, 5) is 12.7. The Balaban J connectivity index is 1.53. The van der Waals surface area contributed by atoms with E-state index in [9.17, 15) is 4.79 Å². The fourth-order valence-corrected chi connectivity index (χ4v) is 2.91. The van der Waals surface area contributed by atoms with Crippen molar-refractivity contribution in [2.45, 2.75) is 12.8 Å². The molecule has 0 spiro atoms. The summed E-state index contributed by atoms with van der Waals surface area (Å²) in [6.45, 7) is 1.23. The van der Waals surface area contributed by atoms with Crippen molar-refractivity contribution in [2.24, 2.45) is 0 Å². The fourth-order valence-electron chi connectivity index (χ4n) is 2.91. The number of amides is 1. The van der Waals surface area contributed by atoms with Crippen LogP contribution in [0.1, 0.15) is 12.0 Å². The van der Waals surface area contributed by atoms with Gasteiger partial charge in [0.1, 0.15) is 12.1 Å². The summed E-state index contributed by atoms with van der Waals surface area (Å²) in [6.07, 6.45) is 2.48. The molecule has 0 unspecified atom stereocenters. The summed E-state index contributed by atoms with van der Waals surface area (Å²) in [5.74, 6) is 1.80. The highest BCUT2D eigenvalue weighted by molar-refractivity contribution is 5.94. The molecule has 0 atom stereocenters. The number of nitrogens with zero attached hydrogens (tertiary/aromatic N) is 4. The second-order valence-corrected chi connectivity index (χ2v) is 6.19. The molecule has 1 aromatic heterocycles. The van der Waals surface area contributed by atoms with Gasteiger partial charge >= 0.3 is 0 Å². The van der Waals surface area contributed by atoms with Crippen LogP contribution in [0.15, 0.2) is 42.7 Å². The monoisotopic (exact) mass is 381 g/mol. The SMILES string of the molecule is COc1ccc(-n2cnnn2)c(NC(=O)Cc2ccc3c(c2)OCCCO3)c1. The number of nitrogens with one attached hydrogen (secondary N) is 1. The smallest absolute Gasteiger partial charge is 0.228 e. The maximum atomic E-state index is 12.7. The molecule has 0 fully saturated rings. The maximum Gasteiger partial charge on any atom is 0.228 e. The summed E-state index contributed by atoms with van der Waals surface area (Å²) in [7, 11) is 1.56. The molecule has 2 aromatic carbocycles. The van der Waals surface area contributed by atoms with E-state index in [4.69, 9.17) is 14.2 Å². The quantitative estimate of drug-likeness (QED) is 0.721. The van der Waals surface area contributed by atoms with Gasteiger partial charge in [0.15, 0.2) is 11.5 Å². The lowest BCUT2D eigenvalue weighted by molar-refractivity contribution is -0.115. The zero-order chi connectivity index (χ0) is 19.3. The van der Waals surface area contributed by atoms with Crippen molar-refractivity contribution in [3.05, 3.63) is 48.3 Å². The van der Waals surface area contributed by atoms with Gasteiger partial charge in [-0.1, -0.05) is 6.07 Å². The molecule has 0 bridgehead atoms. The van der Waals surface area contributed by atoms with E-state index in [1.165, 1.54) is 11.0 Å². The zero-order valence-electron chi connectivity index (χ0n) is 15.3. The largest absolute Gasteiger partial charge is 0.497 e. The molecule has 1 aliphatic rings. The van der Waals surface area contributed by atoms with E-state index < -0.39 is 0 Å². The van der Waals surface area contributed by atoms with Gasteiger partial charge in [-0.05, 0) is 40.3 Å². The van der Waals surface area contributed by atoms with E-state index in [2.05, 4.69) is 20.8 Å². The molecule has 2 heterocycles. The van der Waals surface area contributed by atoms with E-state index >= 15 is 0 Å². The third kappa shape index (κ3) is 3.88. The Morgan fingerprint density at radius 3 is 2.82 bits per heavy atom. The highest BCUT2D eigenvalue weighted by Gasteiger charge is 2.15. The van der Waals surface area contributed by atoms with Crippen molar-refractivity contribution >= 4 is 11.6 Å². The van der Waals surface area contributed by atoms with Gasteiger partial charge in [-0.3, -0.25) is 4.79 Å². The molecule has 0 saturated carbocycles. The summed E-state index contributed by atoms with van der Waals surface area (Å²) in [6, 6.07) is 10.8. The number of carbonyl (C=O) groups excluding carboxylic acids is 1. The summed E-state index contributed by atoms with van der Waals surface area (Å²) >= 11 is 0. The Labute approximate surface area is 161 Å². The lowest BCUT2D eigenvalue weighted by atomic mass is 10.1. The minimum absolute atomic E-state index is 0.183. The van der Waals surface area contributed by atoms with Crippen LogP contribution >= 0.6 is 0 Å². The summed E-state index contributed by atoms with van der Waals surface area (Å²) in [5.41, 5.74) is 2.01. The van der Waals surface area contributed by atoms with Crippen molar-refractivity contribution in [1.82, 2.24) is 20.2 Å². The van der Waals surface area contributed by atoms with Crippen LogP contribution in [0.5, 0.6) is 17.2 Å². The minimum Gasteiger partial charge on any atom is -0.497 e. The highest BCUT2D eigenvalue weighted by Crippen LogP contribution is 2.31. The van der Waals surface area contributed by atoms with Gasteiger partial charge in [0.2, 0.25) is 5.91 Å². The highest BCUT2D eigenvalue weighted by atomic mass is 16.5. The number of hydrogen-bond acceptors (Lipinski definition) is 7. The molecule has 28 heavy (non-hydrogen) atoms. The molecule has 9 heteroatoms. The normalized spacial score (nSPS) is 12.9.